The van der Waals surface area contributed by atoms with Gasteiger partial charge in [0, 0.05) is 13.0 Å². The van der Waals surface area contributed by atoms with Gasteiger partial charge in [0.1, 0.15) is 11.8 Å². The van der Waals surface area contributed by atoms with Crippen molar-refractivity contribution in [2.24, 2.45) is 5.73 Å². The molecule has 0 aliphatic carbocycles. The van der Waals surface area contributed by atoms with Gasteiger partial charge in [-0.25, -0.2) is 0 Å². The van der Waals surface area contributed by atoms with E-state index in [1.54, 1.807) is 0 Å². The van der Waals surface area contributed by atoms with Crippen LogP contribution in [0.15, 0.2) is 0 Å². The second-order valence-corrected chi connectivity index (χ2v) is 2.16. The van der Waals surface area contributed by atoms with Crippen LogP contribution < -0.4 is 5.73 Å². The predicted molar refractivity (Wildman–Crippen MR) is 33.9 cm³/mol. The van der Waals surface area contributed by atoms with E-state index in [2.05, 4.69) is 0 Å². The first-order valence-electron chi connectivity index (χ1n) is 2.95. The highest BCUT2D eigenvalue weighted by Crippen LogP contribution is 2.06. The molecule has 0 rings (SSSR count). The van der Waals surface area contributed by atoms with E-state index in [1.165, 1.54) is 0 Å². The maximum atomic E-state index is 8.99. The zero-order valence-electron chi connectivity index (χ0n) is 5.56. The van der Waals surface area contributed by atoms with E-state index in [9.17, 15) is 0 Å². The third-order valence-electron chi connectivity index (χ3n) is 1.26. The SMILES string of the molecule is N[C@](O)(CCO)[C@H](O)CO. The van der Waals surface area contributed by atoms with Crippen molar-refractivity contribution in [3.8, 4) is 0 Å². The lowest BCUT2D eigenvalue weighted by molar-refractivity contribution is -0.101. The first-order valence-corrected chi connectivity index (χ1v) is 2.95. The highest BCUT2D eigenvalue weighted by molar-refractivity contribution is 4.78. The van der Waals surface area contributed by atoms with Gasteiger partial charge in [-0.3, -0.25) is 0 Å². The molecule has 62 valence electrons. The highest BCUT2D eigenvalue weighted by atomic mass is 16.4. The van der Waals surface area contributed by atoms with Crippen LogP contribution in [0, 0.1) is 0 Å². The molecule has 10 heavy (non-hydrogen) atoms. The first kappa shape index (κ1) is 9.80. The molecule has 0 unspecified atom stereocenters. The molecule has 0 aliphatic heterocycles. The number of nitrogens with two attached hydrogens (primary N) is 1. The van der Waals surface area contributed by atoms with Gasteiger partial charge in [-0.15, -0.1) is 0 Å². The number of aliphatic hydroxyl groups excluding tert-OH is 3. The van der Waals surface area contributed by atoms with E-state index < -0.39 is 18.4 Å². The van der Waals surface area contributed by atoms with Gasteiger partial charge in [0.05, 0.1) is 6.61 Å². The maximum Gasteiger partial charge on any atom is 0.144 e. The zero-order valence-corrected chi connectivity index (χ0v) is 5.56. The Morgan fingerprint density at radius 2 is 1.90 bits per heavy atom. The Balaban J connectivity index is 3.82. The van der Waals surface area contributed by atoms with Crippen LogP contribution in [-0.2, 0) is 0 Å². The minimum absolute atomic E-state index is 0.158. The molecule has 0 radical (unpaired) electrons. The molecule has 0 amide bonds. The summed E-state index contributed by atoms with van der Waals surface area (Å²) >= 11 is 0. The van der Waals surface area contributed by atoms with Gasteiger partial charge in [-0.1, -0.05) is 0 Å². The summed E-state index contributed by atoms with van der Waals surface area (Å²) in [7, 11) is 0. The Kier molecular flexibility index (Phi) is 3.77. The van der Waals surface area contributed by atoms with E-state index in [0.717, 1.165) is 0 Å². The summed E-state index contributed by atoms with van der Waals surface area (Å²) < 4.78 is 0. The van der Waals surface area contributed by atoms with Crippen molar-refractivity contribution in [3.05, 3.63) is 0 Å². The lowest BCUT2D eigenvalue weighted by atomic mass is 10.1. The second kappa shape index (κ2) is 3.85. The predicted octanol–water partition coefficient (Wildman–Crippen LogP) is -2.63. The summed E-state index contributed by atoms with van der Waals surface area (Å²) in [5.74, 6) is 0. The van der Waals surface area contributed by atoms with Crippen molar-refractivity contribution in [1.82, 2.24) is 0 Å². The fourth-order valence-electron chi connectivity index (χ4n) is 0.504. The van der Waals surface area contributed by atoms with E-state index >= 15 is 0 Å². The third-order valence-corrected chi connectivity index (χ3v) is 1.26. The van der Waals surface area contributed by atoms with Crippen LogP contribution in [0.5, 0.6) is 0 Å². The standard InChI is InChI=1S/C5H13NO4/c6-5(10,1-2-7)4(9)3-8/h4,7-10H,1-3,6H2/t4-,5+/m1/s1. The minimum Gasteiger partial charge on any atom is -0.396 e. The molecule has 0 fully saturated rings. The third kappa shape index (κ3) is 2.59. The molecule has 0 aromatic carbocycles. The van der Waals surface area contributed by atoms with Crippen LogP contribution in [0.25, 0.3) is 0 Å². The summed E-state index contributed by atoms with van der Waals surface area (Å²) in [5.41, 5.74) is 3.18. The molecule has 0 saturated heterocycles. The van der Waals surface area contributed by atoms with Gasteiger partial charge >= 0.3 is 0 Å². The molecule has 0 bridgehead atoms. The average molecular weight is 151 g/mol. The van der Waals surface area contributed by atoms with Gasteiger partial charge in [-0.2, -0.15) is 0 Å². The summed E-state index contributed by atoms with van der Waals surface area (Å²) in [6.45, 7) is -0.947. The molecule has 0 saturated carbocycles. The summed E-state index contributed by atoms with van der Waals surface area (Å²) in [6.07, 6.45) is -1.56. The Labute approximate surface area is 58.7 Å². The van der Waals surface area contributed by atoms with Crippen LogP contribution >= 0.6 is 0 Å². The van der Waals surface area contributed by atoms with Crippen LogP contribution in [0.3, 0.4) is 0 Å². The summed E-state index contributed by atoms with van der Waals surface area (Å²) in [5, 5.41) is 34.4. The fourth-order valence-corrected chi connectivity index (χ4v) is 0.504. The molecule has 5 heteroatoms. The maximum absolute atomic E-state index is 8.99. The van der Waals surface area contributed by atoms with Crippen molar-refractivity contribution in [2.75, 3.05) is 13.2 Å². The number of aliphatic hydroxyl groups is 4. The molecular weight excluding hydrogens is 138 g/mol. The van der Waals surface area contributed by atoms with Crippen LogP contribution in [0.2, 0.25) is 0 Å². The van der Waals surface area contributed by atoms with E-state index in [-0.39, 0.29) is 13.0 Å². The Morgan fingerprint density at radius 1 is 1.40 bits per heavy atom. The lowest BCUT2D eigenvalue weighted by Crippen LogP contribution is -2.53. The number of hydrogen-bond acceptors (Lipinski definition) is 5. The van der Waals surface area contributed by atoms with E-state index in [1.807, 2.05) is 0 Å². The van der Waals surface area contributed by atoms with Crippen LogP contribution in [0.1, 0.15) is 6.42 Å². The van der Waals surface area contributed by atoms with E-state index in [0.29, 0.717) is 0 Å². The number of hydrogen-bond donors (Lipinski definition) is 5. The Bertz CT molecular complexity index is 95.6. The normalized spacial score (nSPS) is 20.1. The Morgan fingerprint density at radius 3 is 2.20 bits per heavy atom. The highest BCUT2D eigenvalue weighted by Gasteiger charge is 2.29. The molecular formula is C5H13NO4. The van der Waals surface area contributed by atoms with Gasteiger partial charge < -0.3 is 26.2 Å². The van der Waals surface area contributed by atoms with E-state index in [4.69, 9.17) is 26.2 Å². The summed E-state index contributed by atoms with van der Waals surface area (Å²) in [6, 6.07) is 0. The minimum atomic E-state index is -1.89. The van der Waals surface area contributed by atoms with Crippen LogP contribution in [-0.4, -0.2) is 45.5 Å². The summed E-state index contributed by atoms with van der Waals surface area (Å²) in [4.78, 5) is 0. The van der Waals surface area contributed by atoms with Gasteiger partial charge in [0.15, 0.2) is 0 Å². The molecule has 0 aromatic heterocycles. The van der Waals surface area contributed by atoms with Crippen LogP contribution in [0.4, 0.5) is 0 Å². The smallest absolute Gasteiger partial charge is 0.144 e. The van der Waals surface area contributed by atoms with Gasteiger partial charge in [-0.05, 0) is 0 Å². The van der Waals surface area contributed by atoms with Gasteiger partial charge in [0.25, 0.3) is 0 Å². The molecule has 5 nitrogen and oxygen atoms in total. The molecule has 0 aliphatic rings. The molecule has 0 heterocycles. The molecule has 6 N–H and O–H groups in total. The van der Waals surface area contributed by atoms with Crippen molar-refractivity contribution < 1.29 is 20.4 Å². The molecule has 2 atom stereocenters. The fraction of sp³-hybridized carbons (Fsp3) is 1.00. The monoisotopic (exact) mass is 151 g/mol. The first-order chi connectivity index (χ1) is 4.54. The van der Waals surface area contributed by atoms with Crippen molar-refractivity contribution in [1.29, 1.82) is 0 Å². The van der Waals surface area contributed by atoms with Crippen molar-refractivity contribution in [2.45, 2.75) is 18.2 Å². The number of rotatable bonds is 4. The molecule has 0 spiro atoms. The Hall–Kier alpha value is -0.200. The van der Waals surface area contributed by atoms with Crippen molar-refractivity contribution in [3.63, 3.8) is 0 Å². The molecule has 0 aromatic rings. The zero-order chi connectivity index (χ0) is 8.20. The average Bonchev–Trinajstić information content (AvgIpc) is 1.86. The lowest BCUT2D eigenvalue weighted by Gasteiger charge is -2.26. The largest absolute Gasteiger partial charge is 0.396 e. The van der Waals surface area contributed by atoms with Gasteiger partial charge in [0.2, 0.25) is 0 Å². The second-order valence-electron chi connectivity index (χ2n) is 2.16. The quantitative estimate of drug-likeness (QED) is 0.282. The topological polar surface area (TPSA) is 107 Å². The van der Waals surface area contributed by atoms with Crippen molar-refractivity contribution >= 4 is 0 Å².